The molecule has 2 unspecified atom stereocenters. The van der Waals surface area contributed by atoms with Gasteiger partial charge in [-0.2, -0.15) is 0 Å². The van der Waals surface area contributed by atoms with E-state index in [0.717, 1.165) is 12.8 Å². The molecule has 0 radical (unpaired) electrons. The van der Waals surface area contributed by atoms with Gasteiger partial charge in [-0.15, -0.1) is 0 Å². The van der Waals surface area contributed by atoms with Crippen molar-refractivity contribution >= 4 is 5.91 Å². The number of amides is 1. The van der Waals surface area contributed by atoms with Gasteiger partial charge in [0, 0.05) is 13.5 Å². The van der Waals surface area contributed by atoms with Gasteiger partial charge in [-0.3, -0.25) is 4.79 Å². The van der Waals surface area contributed by atoms with Crippen LogP contribution < -0.4 is 5.32 Å². The third-order valence-corrected chi connectivity index (χ3v) is 3.64. The van der Waals surface area contributed by atoms with Gasteiger partial charge >= 0.3 is 0 Å². The lowest BCUT2D eigenvalue weighted by atomic mass is 10.00. The van der Waals surface area contributed by atoms with Crippen LogP contribution in [-0.2, 0) is 16.0 Å². The van der Waals surface area contributed by atoms with Gasteiger partial charge in [0.15, 0.2) is 0 Å². The quantitative estimate of drug-likeness (QED) is 0.715. The molecule has 0 aromatic heterocycles. The first-order chi connectivity index (χ1) is 10.2. The molecule has 3 heteroatoms. The molecule has 0 bridgehead atoms. The molecule has 0 spiro atoms. The number of methoxy groups -OCH3 is 1. The van der Waals surface area contributed by atoms with E-state index in [1.807, 2.05) is 18.2 Å². The number of hydrogen-bond donors (Lipinski definition) is 1. The van der Waals surface area contributed by atoms with Crippen molar-refractivity contribution in [3.8, 4) is 0 Å². The van der Waals surface area contributed by atoms with Crippen LogP contribution in [0.2, 0.25) is 0 Å². The molecule has 3 nitrogen and oxygen atoms in total. The van der Waals surface area contributed by atoms with Crippen molar-refractivity contribution in [2.45, 2.75) is 52.0 Å². The lowest BCUT2D eigenvalue weighted by molar-refractivity contribution is -0.123. The van der Waals surface area contributed by atoms with Crippen molar-refractivity contribution in [2.24, 2.45) is 5.92 Å². The normalized spacial score (nSPS) is 13.7. The van der Waals surface area contributed by atoms with E-state index in [1.165, 1.54) is 18.4 Å². The van der Waals surface area contributed by atoms with Crippen molar-refractivity contribution < 1.29 is 9.53 Å². The molecule has 0 heterocycles. The first-order valence-electron chi connectivity index (χ1n) is 7.97. The summed E-state index contributed by atoms with van der Waals surface area (Å²) < 4.78 is 5.23. The average molecular weight is 291 g/mol. The molecular weight excluding hydrogens is 262 g/mol. The fourth-order valence-corrected chi connectivity index (χ4v) is 2.51. The molecule has 1 aromatic carbocycles. The van der Waals surface area contributed by atoms with Crippen molar-refractivity contribution in [1.29, 1.82) is 0 Å². The van der Waals surface area contributed by atoms with Gasteiger partial charge in [0.05, 0.1) is 12.6 Å². The molecule has 0 aliphatic rings. The summed E-state index contributed by atoms with van der Waals surface area (Å²) in [5.41, 5.74) is 1.22. The maximum atomic E-state index is 12.1. The predicted molar refractivity (Wildman–Crippen MR) is 87.3 cm³/mol. The number of carbonyl (C=O) groups is 1. The van der Waals surface area contributed by atoms with E-state index in [9.17, 15) is 4.79 Å². The number of unbranched alkanes of at least 4 members (excludes halogenated alkanes) is 1. The maximum absolute atomic E-state index is 12.1. The molecule has 21 heavy (non-hydrogen) atoms. The summed E-state index contributed by atoms with van der Waals surface area (Å²) in [6, 6.07) is 10.3. The minimum Gasteiger partial charge on any atom is -0.383 e. The highest BCUT2D eigenvalue weighted by Gasteiger charge is 2.15. The number of carbonyl (C=O) groups excluding carboxylic acids is 1. The summed E-state index contributed by atoms with van der Waals surface area (Å²) in [5.74, 6) is 0.585. The van der Waals surface area contributed by atoms with E-state index in [-0.39, 0.29) is 11.9 Å². The Morgan fingerprint density at radius 2 is 2.00 bits per heavy atom. The summed E-state index contributed by atoms with van der Waals surface area (Å²) >= 11 is 0. The Kier molecular flexibility index (Phi) is 8.76. The van der Waals surface area contributed by atoms with Gasteiger partial charge in [0.2, 0.25) is 5.91 Å². The number of ether oxygens (including phenoxy) is 1. The zero-order valence-corrected chi connectivity index (χ0v) is 13.6. The van der Waals surface area contributed by atoms with E-state index < -0.39 is 0 Å². The molecule has 0 aliphatic heterocycles. The van der Waals surface area contributed by atoms with Gasteiger partial charge in [-0.05, 0) is 17.9 Å². The van der Waals surface area contributed by atoms with E-state index in [4.69, 9.17) is 4.74 Å². The largest absolute Gasteiger partial charge is 0.383 e. The van der Waals surface area contributed by atoms with Gasteiger partial charge in [0.25, 0.3) is 0 Å². The number of rotatable bonds is 10. The predicted octanol–water partition coefficient (Wildman–Crippen LogP) is 3.58. The minimum absolute atomic E-state index is 0.0447. The SMILES string of the molecule is CCCCC(C)CC(=O)NC(COC)Cc1ccccc1. The van der Waals surface area contributed by atoms with Crippen LogP contribution in [0.3, 0.4) is 0 Å². The van der Waals surface area contributed by atoms with E-state index in [2.05, 4.69) is 31.3 Å². The average Bonchev–Trinajstić information content (AvgIpc) is 2.46. The molecule has 1 N–H and O–H groups in total. The Hall–Kier alpha value is -1.35. The third-order valence-electron chi connectivity index (χ3n) is 3.64. The van der Waals surface area contributed by atoms with Crippen LogP contribution >= 0.6 is 0 Å². The molecule has 1 rings (SSSR count). The second-order valence-corrected chi connectivity index (χ2v) is 5.86. The fourth-order valence-electron chi connectivity index (χ4n) is 2.51. The zero-order chi connectivity index (χ0) is 15.5. The summed E-state index contributed by atoms with van der Waals surface area (Å²) in [6.07, 6.45) is 4.92. The number of hydrogen-bond acceptors (Lipinski definition) is 2. The molecule has 0 fully saturated rings. The van der Waals surface area contributed by atoms with Crippen LogP contribution in [0, 0.1) is 5.92 Å². The highest BCUT2D eigenvalue weighted by Crippen LogP contribution is 2.12. The van der Waals surface area contributed by atoms with Gasteiger partial charge in [-0.25, -0.2) is 0 Å². The van der Waals surface area contributed by atoms with Crippen LogP contribution in [0.4, 0.5) is 0 Å². The van der Waals surface area contributed by atoms with E-state index >= 15 is 0 Å². The molecule has 2 atom stereocenters. The van der Waals surface area contributed by atoms with Crippen LogP contribution in [0.15, 0.2) is 30.3 Å². The lowest BCUT2D eigenvalue weighted by Gasteiger charge is -2.19. The van der Waals surface area contributed by atoms with Crippen LogP contribution in [0.25, 0.3) is 0 Å². The van der Waals surface area contributed by atoms with E-state index in [1.54, 1.807) is 7.11 Å². The summed E-state index contributed by atoms with van der Waals surface area (Å²) in [7, 11) is 1.67. The second-order valence-electron chi connectivity index (χ2n) is 5.86. The lowest BCUT2D eigenvalue weighted by Crippen LogP contribution is -2.40. The van der Waals surface area contributed by atoms with Crippen molar-refractivity contribution in [3.63, 3.8) is 0 Å². The first-order valence-corrected chi connectivity index (χ1v) is 7.97. The Bertz CT molecular complexity index is 391. The molecule has 0 saturated carbocycles. The van der Waals surface area contributed by atoms with Crippen molar-refractivity contribution in [3.05, 3.63) is 35.9 Å². The summed E-state index contributed by atoms with van der Waals surface area (Å²) in [6.45, 7) is 4.88. The maximum Gasteiger partial charge on any atom is 0.220 e. The topological polar surface area (TPSA) is 38.3 Å². The standard InChI is InChI=1S/C18H29NO2/c1-4-5-9-15(2)12-18(20)19-17(14-21-3)13-16-10-7-6-8-11-16/h6-8,10-11,15,17H,4-5,9,12-14H2,1-3H3,(H,19,20). The van der Waals surface area contributed by atoms with Crippen LogP contribution in [0.5, 0.6) is 0 Å². The van der Waals surface area contributed by atoms with Gasteiger partial charge in [0.1, 0.15) is 0 Å². The van der Waals surface area contributed by atoms with Crippen LogP contribution in [0.1, 0.15) is 45.1 Å². The fraction of sp³-hybridized carbons (Fsp3) is 0.611. The highest BCUT2D eigenvalue weighted by atomic mass is 16.5. The van der Waals surface area contributed by atoms with Crippen molar-refractivity contribution in [2.75, 3.05) is 13.7 Å². The Balaban J connectivity index is 2.44. The molecule has 1 aromatic rings. The smallest absolute Gasteiger partial charge is 0.220 e. The Labute approximate surface area is 129 Å². The highest BCUT2D eigenvalue weighted by molar-refractivity contribution is 5.76. The van der Waals surface area contributed by atoms with Gasteiger partial charge < -0.3 is 10.1 Å². The summed E-state index contributed by atoms with van der Waals surface area (Å²) in [4.78, 5) is 12.1. The Morgan fingerprint density at radius 1 is 1.29 bits per heavy atom. The molecular formula is C18H29NO2. The van der Waals surface area contributed by atoms with E-state index in [0.29, 0.717) is 18.9 Å². The number of benzene rings is 1. The monoisotopic (exact) mass is 291 g/mol. The minimum atomic E-state index is 0.0447. The molecule has 0 aliphatic carbocycles. The summed E-state index contributed by atoms with van der Waals surface area (Å²) in [5, 5.41) is 3.11. The van der Waals surface area contributed by atoms with Gasteiger partial charge in [-0.1, -0.05) is 63.4 Å². The molecule has 0 saturated heterocycles. The third kappa shape index (κ3) is 7.86. The molecule has 1 amide bonds. The first kappa shape index (κ1) is 17.7. The number of nitrogens with one attached hydrogen (secondary N) is 1. The van der Waals surface area contributed by atoms with Crippen molar-refractivity contribution in [1.82, 2.24) is 5.32 Å². The Morgan fingerprint density at radius 3 is 2.62 bits per heavy atom. The van der Waals surface area contributed by atoms with Crippen LogP contribution in [-0.4, -0.2) is 25.7 Å². The zero-order valence-electron chi connectivity index (χ0n) is 13.6. The molecule has 118 valence electrons. The second kappa shape index (κ2) is 10.4.